The molecule has 1 aliphatic carbocycles. The number of carbonyl (C=O) groups is 2. The number of carboxylic acid groups (broad SMARTS) is 1. The zero-order valence-electron chi connectivity index (χ0n) is 14.2. The number of rotatable bonds is 5. The van der Waals surface area contributed by atoms with E-state index in [4.69, 9.17) is 0 Å². The molecular formula is C18H22N4O3. The summed E-state index contributed by atoms with van der Waals surface area (Å²) in [6.07, 6.45) is 7.68. The summed E-state index contributed by atoms with van der Waals surface area (Å²) in [6.45, 7) is 0. The highest BCUT2D eigenvalue weighted by Gasteiger charge is 2.25. The molecular weight excluding hydrogens is 320 g/mol. The van der Waals surface area contributed by atoms with Crippen molar-refractivity contribution < 1.29 is 14.7 Å². The summed E-state index contributed by atoms with van der Waals surface area (Å²) in [5, 5.41) is 19.4. The molecule has 1 unspecified atom stereocenters. The minimum Gasteiger partial charge on any atom is -0.479 e. The number of nitrogens with zero attached hydrogens (tertiary/aromatic N) is 3. The van der Waals surface area contributed by atoms with Crippen LogP contribution in [0.2, 0.25) is 0 Å². The predicted molar refractivity (Wildman–Crippen MR) is 91.1 cm³/mol. The van der Waals surface area contributed by atoms with Crippen LogP contribution in [0.5, 0.6) is 0 Å². The van der Waals surface area contributed by atoms with Crippen molar-refractivity contribution in [2.24, 2.45) is 7.05 Å². The van der Waals surface area contributed by atoms with Gasteiger partial charge in [0, 0.05) is 12.6 Å². The van der Waals surface area contributed by atoms with Gasteiger partial charge in [0.25, 0.3) is 5.91 Å². The zero-order valence-corrected chi connectivity index (χ0v) is 14.2. The molecule has 0 spiro atoms. The molecule has 1 aromatic carbocycles. The van der Waals surface area contributed by atoms with Crippen LogP contribution in [0.3, 0.4) is 0 Å². The molecule has 25 heavy (non-hydrogen) atoms. The van der Waals surface area contributed by atoms with E-state index in [0.29, 0.717) is 11.5 Å². The Hall–Kier alpha value is -2.70. The predicted octanol–water partition coefficient (Wildman–Crippen LogP) is 2.42. The van der Waals surface area contributed by atoms with Gasteiger partial charge in [-0.05, 0) is 36.5 Å². The van der Waals surface area contributed by atoms with E-state index in [2.05, 4.69) is 15.6 Å². The second-order valence-electron chi connectivity index (χ2n) is 6.52. The van der Waals surface area contributed by atoms with Crippen LogP contribution < -0.4 is 5.32 Å². The van der Waals surface area contributed by atoms with Crippen molar-refractivity contribution in [3.05, 3.63) is 47.3 Å². The molecule has 0 saturated heterocycles. The minimum atomic E-state index is -1.22. The second kappa shape index (κ2) is 7.46. The molecule has 2 aromatic rings. The SMILES string of the molecule is Cn1cc(C(NC(=O)c2ccc(C3CCCCC3)cc2)C(=O)O)nn1. The second-order valence-corrected chi connectivity index (χ2v) is 6.52. The lowest BCUT2D eigenvalue weighted by Gasteiger charge is -2.22. The Morgan fingerprint density at radius 3 is 2.44 bits per heavy atom. The van der Waals surface area contributed by atoms with Crippen LogP contribution >= 0.6 is 0 Å². The molecule has 1 fully saturated rings. The van der Waals surface area contributed by atoms with Gasteiger partial charge in [0.1, 0.15) is 5.69 Å². The maximum atomic E-state index is 12.4. The van der Waals surface area contributed by atoms with Crippen LogP contribution in [-0.2, 0) is 11.8 Å². The Balaban J connectivity index is 1.70. The largest absolute Gasteiger partial charge is 0.479 e. The van der Waals surface area contributed by atoms with Gasteiger partial charge in [-0.1, -0.05) is 36.6 Å². The highest BCUT2D eigenvalue weighted by Crippen LogP contribution is 2.32. The van der Waals surface area contributed by atoms with Crippen LogP contribution in [0, 0.1) is 0 Å². The van der Waals surface area contributed by atoms with Crippen LogP contribution in [0.4, 0.5) is 0 Å². The first-order valence-corrected chi connectivity index (χ1v) is 8.54. The maximum absolute atomic E-state index is 12.4. The number of carboxylic acids is 1. The molecule has 2 N–H and O–H groups in total. The van der Waals surface area contributed by atoms with E-state index in [1.165, 1.54) is 48.5 Å². The van der Waals surface area contributed by atoms with Crippen molar-refractivity contribution in [2.45, 2.75) is 44.1 Å². The van der Waals surface area contributed by atoms with E-state index in [9.17, 15) is 14.7 Å². The van der Waals surface area contributed by atoms with Crippen LogP contribution in [-0.4, -0.2) is 32.0 Å². The highest BCUT2D eigenvalue weighted by atomic mass is 16.4. The Kier molecular flexibility index (Phi) is 5.11. The summed E-state index contributed by atoms with van der Waals surface area (Å²) < 4.78 is 1.40. The molecule has 132 valence electrons. The molecule has 7 nitrogen and oxygen atoms in total. The van der Waals surface area contributed by atoms with Gasteiger partial charge in [-0.2, -0.15) is 0 Å². The lowest BCUT2D eigenvalue weighted by atomic mass is 9.84. The van der Waals surface area contributed by atoms with Gasteiger partial charge >= 0.3 is 5.97 Å². The summed E-state index contributed by atoms with van der Waals surface area (Å²) in [6, 6.07) is 6.25. The van der Waals surface area contributed by atoms with Crippen molar-refractivity contribution in [1.29, 1.82) is 0 Å². The van der Waals surface area contributed by atoms with Crippen molar-refractivity contribution in [1.82, 2.24) is 20.3 Å². The number of amides is 1. The smallest absolute Gasteiger partial charge is 0.332 e. The average molecular weight is 342 g/mol. The van der Waals surface area contributed by atoms with Crippen LogP contribution in [0.15, 0.2) is 30.5 Å². The number of aliphatic carboxylic acids is 1. The number of nitrogens with one attached hydrogen (secondary N) is 1. The molecule has 7 heteroatoms. The van der Waals surface area contributed by atoms with E-state index in [-0.39, 0.29) is 5.69 Å². The minimum absolute atomic E-state index is 0.196. The molecule has 1 atom stereocenters. The number of hydrogen-bond donors (Lipinski definition) is 2. The van der Waals surface area contributed by atoms with Gasteiger partial charge in [0.2, 0.25) is 0 Å². The van der Waals surface area contributed by atoms with Crippen LogP contribution in [0.25, 0.3) is 0 Å². The van der Waals surface area contributed by atoms with E-state index >= 15 is 0 Å². The molecule has 1 aliphatic rings. The topological polar surface area (TPSA) is 97.1 Å². The number of hydrogen-bond acceptors (Lipinski definition) is 4. The molecule has 1 saturated carbocycles. The van der Waals surface area contributed by atoms with E-state index in [1.54, 1.807) is 19.2 Å². The number of benzene rings is 1. The number of aryl methyl sites for hydroxylation is 1. The fourth-order valence-electron chi connectivity index (χ4n) is 3.32. The summed E-state index contributed by atoms with van der Waals surface area (Å²) in [4.78, 5) is 23.8. The van der Waals surface area contributed by atoms with E-state index in [0.717, 1.165) is 0 Å². The standard InChI is InChI=1S/C18H22N4O3/c1-22-11-15(20-21-22)16(18(24)25)19-17(23)14-9-7-13(8-10-14)12-5-3-2-4-6-12/h7-12,16H,2-6H2,1H3,(H,19,23)(H,24,25). The monoisotopic (exact) mass is 342 g/mol. The zero-order chi connectivity index (χ0) is 17.8. The Morgan fingerprint density at radius 1 is 1.20 bits per heavy atom. The molecule has 3 rings (SSSR count). The summed E-state index contributed by atoms with van der Waals surface area (Å²) in [5.74, 6) is -1.04. The molecule has 0 bridgehead atoms. The molecule has 1 heterocycles. The van der Waals surface area contributed by atoms with Gasteiger partial charge in [0.05, 0.1) is 6.20 Å². The van der Waals surface area contributed by atoms with Crippen LogP contribution in [0.1, 0.15) is 65.7 Å². The fourth-order valence-corrected chi connectivity index (χ4v) is 3.32. The quantitative estimate of drug-likeness (QED) is 0.870. The molecule has 1 aromatic heterocycles. The summed E-state index contributed by atoms with van der Waals surface area (Å²) >= 11 is 0. The third-order valence-electron chi connectivity index (χ3n) is 4.69. The Labute approximate surface area is 146 Å². The van der Waals surface area contributed by atoms with E-state index in [1.807, 2.05) is 12.1 Å². The van der Waals surface area contributed by atoms with Gasteiger partial charge in [0.15, 0.2) is 6.04 Å². The third kappa shape index (κ3) is 4.04. The number of carbonyl (C=O) groups excluding carboxylic acids is 1. The first kappa shape index (κ1) is 17.1. The summed E-state index contributed by atoms with van der Waals surface area (Å²) in [5.41, 5.74) is 1.89. The number of aromatic nitrogens is 3. The van der Waals surface area contributed by atoms with Gasteiger partial charge in [-0.25, -0.2) is 4.79 Å². The highest BCUT2D eigenvalue weighted by molar-refractivity contribution is 5.96. The Bertz CT molecular complexity index is 748. The average Bonchev–Trinajstić information content (AvgIpc) is 3.06. The molecule has 0 radical (unpaired) electrons. The lowest BCUT2D eigenvalue weighted by molar-refractivity contribution is -0.139. The van der Waals surface area contributed by atoms with Gasteiger partial charge in [-0.15, -0.1) is 5.10 Å². The normalized spacial score (nSPS) is 16.4. The summed E-state index contributed by atoms with van der Waals surface area (Å²) in [7, 11) is 1.64. The Morgan fingerprint density at radius 2 is 1.88 bits per heavy atom. The maximum Gasteiger partial charge on any atom is 0.332 e. The fraction of sp³-hybridized carbons (Fsp3) is 0.444. The first-order valence-electron chi connectivity index (χ1n) is 8.54. The third-order valence-corrected chi connectivity index (χ3v) is 4.69. The van der Waals surface area contributed by atoms with Gasteiger partial charge < -0.3 is 10.4 Å². The van der Waals surface area contributed by atoms with Crippen molar-refractivity contribution in [3.63, 3.8) is 0 Å². The van der Waals surface area contributed by atoms with Crippen molar-refractivity contribution in [3.8, 4) is 0 Å². The first-order chi connectivity index (χ1) is 12.0. The lowest BCUT2D eigenvalue weighted by Crippen LogP contribution is -2.34. The molecule has 0 aliphatic heterocycles. The van der Waals surface area contributed by atoms with Crippen molar-refractivity contribution in [2.75, 3.05) is 0 Å². The van der Waals surface area contributed by atoms with Gasteiger partial charge in [-0.3, -0.25) is 9.48 Å². The van der Waals surface area contributed by atoms with Crippen molar-refractivity contribution >= 4 is 11.9 Å². The molecule has 1 amide bonds. The van der Waals surface area contributed by atoms with E-state index < -0.39 is 17.9 Å².